The van der Waals surface area contributed by atoms with Crippen molar-refractivity contribution in [2.75, 3.05) is 65.9 Å². The Balaban J connectivity index is 0.640. The third-order valence-corrected chi connectivity index (χ3v) is 15.4. The molecule has 15 rings (SSSR count). The first kappa shape index (κ1) is 46.6. The predicted molar refractivity (Wildman–Crippen MR) is 323 cm³/mol. The molecule has 0 spiro atoms. The van der Waals surface area contributed by atoms with E-state index in [4.69, 9.17) is 9.47 Å². The monoisotopic (exact) mass is 1040 g/mol. The van der Waals surface area contributed by atoms with E-state index in [0.717, 1.165) is 114 Å². The summed E-state index contributed by atoms with van der Waals surface area (Å²) in [6, 6.07) is 84.9. The summed E-state index contributed by atoms with van der Waals surface area (Å²) < 4.78 is 13.3. The van der Waals surface area contributed by atoms with Crippen LogP contribution in [0.1, 0.15) is 0 Å². The van der Waals surface area contributed by atoms with Gasteiger partial charge in [0.25, 0.3) is 0 Å². The molecule has 6 heterocycles. The summed E-state index contributed by atoms with van der Waals surface area (Å²) in [7, 11) is 0. The van der Waals surface area contributed by atoms with Gasteiger partial charge in [-0.2, -0.15) is 0 Å². The predicted octanol–water partition coefficient (Wildman–Crippen LogP) is 17.1. The lowest BCUT2D eigenvalue weighted by Gasteiger charge is -2.25. The normalized spacial score (nSPS) is 14.1. The molecule has 12 heteroatoms. The van der Waals surface area contributed by atoms with Crippen LogP contribution >= 0.6 is 0 Å². The standard InChI is InChI=1S/C68H52N10O2/c1-5-25-65-61(21-1)71(45-75(65)53-13-9-17-57(41-53)79-59-19-11-15-55(43-59)77-47-73(51-33-37-69-38-34-51)63-23-3-7-27-67(63)77)49-29-31-50(32-30-49)72-46-76(66-26-6-2-22-62(66)72)54-14-10-18-58(42-54)80-60-20-12-16-56(44-60)78-48-74(52-35-39-70-40-36-52)64-24-4-8-28-68(64)78/h1-44H,45-48H2. The largest absolute Gasteiger partial charge is 0.457 e. The van der Waals surface area contributed by atoms with Crippen molar-refractivity contribution < 1.29 is 9.47 Å². The summed E-state index contributed by atoms with van der Waals surface area (Å²) in [5, 5.41) is 0. The molecule has 0 bridgehead atoms. The molecule has 80 heavy (non-hydrogen) atoms. The van der Waals surface area contributed by atoms with Crippen molar-refractivity contribution in [1.82, 2.24) is 9.97 Å². The first-order chi connectivity index (χ1) is 39.6. The van der Waals surface area contributed by atoms with Gasteiger partial charge in [0.2, 0.25) is 0 Å². The van der Waals surface area contributed by atoms with Crippen LogP contribution in [0.4, 0.5) is 91.0 Å². The number of anilines is 16. The van der Waals surface area contributed by atoms with E-state index in [9.17, 15) is 0 Å². The third kappa shape index (κ3) is 8.43. The number of hydrogen-bond donors (Lipinski definition) is 0. The highest BCUT2D eigenvalue weighted by Gasteiger charge is 2.33. The van der Waals surface area contributed by atoms with Crippen LogP contribution in [0.5, 0.6) is 23.0 Å². The van der Waals surface area contributed by atoms with Crippen LogP contribution in [0, 0.1) is 0 Å². The Bertz CT molecular complexity index is 3810. The van der Waals surface area contributed by atoms with Gasteiger partial charge in [-0.1, -0.05) is 72.8 Å². The average molecular weight is 1040 g/mol. The number of para-hydroxylation sites is 8. The Kier molecular flexibility index (Phi) is 11.5. The van der Waals surface area contributed by atoms with Crippen molar-refractivity contribution in [3.63, 3.8) is 0 Å². The SMILES string of the molecule is c1cc(Oc2cccc(N3CN(c4ccc(N5CN(c6cccc(Oc7cccc(N8CN(c9ccncc9)c9ccccc98)c7)c6)c6ccccc65)cc4)c4ccccc43)c2)cc(N2CN(c3ccncc3)c3ccccc32)c1. The molecule has 4 aliphatic heterocycles. The molecule has 0 saturated carbocycles. The van der Waals surface area contributed by atoms with Crippen molar-refractivity contribution in [2.45, 2.75) is 0 Å². The van der Waals surface area contributed by atoms with Crippen molar-refractivity contribution in [1.29, 1.82) is 0 Å². The smallest absolute Gasteiger partial charge is 0.129 e. The molecule has 0 aliphatic carbocycles. The Labute approximate surface area is 464 Å². The number of fused-ring (bicyclic) bond motifs is 4. The van der Waals surface area contributed by atoms with Gasteiger partial charge in [-0.15, -0.1) is 0 Å². The molecule has 0 saturated heterocycles. The van der Waals surface area contributed by atoms with Gasteiger partial charge in [0.15, 0.2) is 0 Å². The fraction of sp³-hybridized carbons (Fsp3) is 0.0588. The lowest BCUT2D eigenvalue weighted by atomic mass is 10.2. The molecule has 386 valence electrons. The highest BCUT2D eigenvalue weighted by molar-refractivity contribution is 5.91. The molecular formula is C68H52N10O2. The number of rotatable bonds is 12. The van der Waals surface area contributed by atoms with Gasteiger partial charge in [0, 0.05) is 94.6 Å². The van der Waals surface area contributed by atoms with Gasteiger partial charge in [-0.05, 0) is 146 Å². The Morgan fingerprint density at radius 1 is 0.212 bits per heavy atom. The van der Waals surface area contributed by atoms with Gasteiger partial charge in [-0.25, -0.2) is 0 Å². The highest BCUT2D eigenvalue weighted by atomic mass is 16.5. The average Bonchev–Trinajstić information content (AvgIpc) is 4.36. The van der Waals surface area contributed by atoms with Crippen LogP contribution in [0.25, 0.3) is 0 Å². The van der Waals surface area contributed by atoms with Gasteiger partial charge >= 0.3 is 0 Å². The van der Waals surface area contributed by atoms with E-state index in [0.29, 0.717) is 26.7 Å². The summed E-state index contributed by atoms with van der Waals surface area (Å²) in [4.78, 5) is 27.2. The second-order valence-electron chi connectivity index (χ2n) is 20.1. The summed E-state index contributed by atoms with van der Waals surface area (Å²) in [6.07, 6.45) is 7.36. The molecule has 0 unspecified atom stereocenters. The van der Waals surface area contributed by atoms with E-state index in [-0.39, 0.29) is 0 Å². The minimum Gasteiger partial charge on any atom is -0.457 e. The molecule has 0 radical (unpaired) electrons. The zero-order chi connectivity index (χ0) is 52.9. The van der Waals surface area contributed by atoms with E-state index in [1.54, 1.807) is 0 Å². The first-order valence-corrected chi connectivity index (χ1v) is 26.9. The fourth-order valence-electron chi connectivity index (χ4n) is 11.6. The molecule has 11 aromatic rings. The van der Waals surface area contributed by atoms with Crippen LogP contribution in [0.15, 0.2) is 267 Å². The topological polar surface area (TPSA) is 70.2 Å². The zero-order valence-electron chi connectivity index (χ0n) is 43.5. The van der Waals surface area contributed by atoms with Crippen LogP contribution < -0.4 is 48.7 Å². The number of benzene rings is 9. The second-order valence-corrected chi connectivity index (χ2v) is 20.1. The molecule has 2 aromatic heterocycles. The minimum absolute atomic E-state index is 0.639. The second kappa shape index (κ2) is 19.7. The number of nitrogens with zero attached hydrogens (tertiary/aromatic N) is 10. The first-order valence-electron chi connectivity index (χ1n) is 26.9. The molecule has 9 aromatic carbocycles. The third-order valence-electron chi connectivity index (χ3n) is 15.4. The lowest BCUT2D eigenvalue weighted by Crippen LogP contribution is -2.25. The zero-order valence-corrected chi connectivity index (χ0v) is 43.5. The van der Waals surface area contributed by atoms with E-state index in [1.165, 1.54) is 0 Å². The Hall–Kier alpha value is -10.7. The van der Waals surface area contributed by atoms with Gasteiger partial charge in [0.1, 0.15) is 49.7 Å². The highest BCUT2D eigenvalue weighted by Crippen LogP contribution is 2.50. The molecule has 4 aliphatic rings. The molecule has 0 atom stereocenters. The van der Waals surface area contributed by atoms with Gasteiger partial charge < -0.3 is 48.7 Å². The summed E-state index contributed by atoms with van der Waals surface area (Å²) in [5.41, 5.74) is 17.8. The van der Waals surface area contributed by atoms with E-state index in [1.807, 2.05) is 49.1 Å². The molecule has 12 nitrogen and oxygen atoms in total. The molecular weight excluding hydrogens is 989 g/mol. The van der Waals surface area contributed by atoms with Crippen molar-refractivity contribution in [3.05, 3.63) is 267 Å². The maximum absolute atomic E-state index is 6.67. The van der Waals surface area contributed by atoms with Crippen LogP contribution in [0.2, 0.25) is 0 Å². The number of aromatic nitrogens is 2. The maximum atomic E-state index is 6.67. The van der Waals surface area contributed by atoms with Crippen molar-refractivity contribution in [3.8, 4) is 23.0 Å². The fourth-order valence-corrected chi connectivity index (χ4v) is 11.6. The van der Waals surface area contributed by atoms with E-state index >= 15 is 0 Å². The molecule has 0 fully saturated rings. The minimum atomic E-state index is 0.639. The van der Waals surface area contributed by atoms with Crippen LogP contribution in [-0.2, 0) is 0 Å². The van der Waals surface area contributed by atoms with Gasteiger partial charge in [0.05, 0.1) is 45.5 Å². The van der Waals surface area contributed by atoms with Crippen LogP contribution in [0.3, 0.4) is 0 Å². The number of ether oxygens (including phenoxy) is 2. The number of hydrogen-bond acceptors (Lipinski definition) is 12. The Morgan fingerprint density at radius 2 is 0.425 bits per heavy atom. The summed E-state index contributed by atoms with van der Waals surface area (Å²) >= 11 is 0. The summed E-state index contributed by atoms with van der Waals surface area (Å²) in [6.45, 7) is 2.63. The quantitative estimate of drug-likeness (QED) is 0.117. The lowest BCUT2D eigenvalue weighted by molar-refractivity contribution is 0.482. The van der Waals surface area contributed by atoms with Crippen LogP contribution in [-0.4, -0.2) is 36.6 Å². The Morgan fingerprint density at radius 3 is 0.662 bits per heavy atom. The van der Waals surface area contributed by atoms with Gasteiger partial charge in [-0.3, -0.25) is 9.97 Å². The van der Waals surface area contributed by atoms with E-state index in [2.05, 4.69) is 268 Å². The van der Waals surface area contributed by atoms with Crippen molar-refractivity contribution >= 4 is 91.0 Å². The molecule has 0 N–H and O–H groups in total. The number of pyridine rings is 2. The maximum Gasteiger partial charge on any atom is 0.129 e. The van der Waals surface area contributed by atoms with E-state index < -0.39 is 0 Å². The summed E-state index contributed by atoms with van der Waals surface area (Å²) in [5.74, 6) is 3.07. The van der Waals surface area contributed by atoms with Crippen molar-refractivity contribution in [2.24, 2.45) is 0 Å². The molecule has 0 amide bonds.